The van der Waals surface area contributed by atoms with E-state index in [0.717, 1.165) is 0 Å². The SMILES string of the molecule is CCOc1ccccc1-c1c(C#N)c(N)[nH]c(=O)c1C#N. The highest BCUT2D eigenvalue weighted by molar-refractivity contribution is 5.83. The van der Waals surface area contributed by atoms with Crippen molar-refractivity contribution >= 4 is 5.82 Å². The van der Waals surface area contributed by atoms with E-state index in [0.29, 0.717) is 17.9 Å². The van der Waals surface area contributed by atoms with Crippen LogP contribution in [0.4, 0.5) is 5.82 Å². The number of nitriles is 2. The van der Waals surface area contributed by atoms with Crippen molar-refractivity contribution in [3.63, 3.8) is 0 Å². The average molecular weight is 280 g/mol. The lowest BCUT2D eigenvalue weighted by atomic mass is 9.96. The molecular formula is C15H12N4O2. The molecule has 104 valence electrons. The molecule has 3 N–H and O–H groups in total. The molecule has 0 saturated heterocycles. The van der Waals surface area contributed by atoms with Gasteiger partial charge in [0, 0.05) is 11.1 Å². The number of nitrogens with zero attached hydrogens (tertiary/aromatic N) is 2. The summed E-state index contributed by atoms with van der Waals surface area (Å²) < 4.78 is 5.50. The number of aromatic amines is 1. The van der Waals surface area contributed by atoms with Gasteiger partial charge in [-0.1, -0.05) is 18.2 Å². The van der Waals surface area contributed by atoms with E-state index in [1.807, 2.05) is 19.1 Å². The number of ether oxygens (including phenoxy) is 1. The molecule has 2 aromatic rings. The van der Waals surface area contributed by atoms with Gasteiger partial charge in [0.25, 0.3) is 5.56 Å². The fourth-order valence-electron chi connectivity index (χ4n) is 2.07. The lowest BCUT2D eigenvalue weighted by Gasteiger charge is -2.13. The number of H-pyrrole nitrogens is 1. The van der Waals surface area contributed by atoms with Crippen LogP contribution in [0.15, 0.2) is 29.1 Å². The first kappa shape index (κ1) is 14.2. The van der Waals surface area contributed by atoms with Crippen molar-refractivity contribution in [3.8, 4) is 29.0 Å². The van der Waals surface area contributed by atoms with Crippen LogP contribution in [0.25, 0.3) is 11.1 Å². The van der Waals surface area contributed by atoms with Gasteiger partial charge in [0.05, 0.1) is 6.61 Å². The monoisotopic (exact) mass is 280 g/mol. The molecule has 0 amide bonds. The Morgan fingerprint density at radius 2 is 1.90 bits per heavy atom. The number of pyridine rings is 1. The van der Waals surface area contributed by atoms with Crippen LogP contribution in [0, 0.1) is 22.7 Å². The van der Waals surface area contributed by atoms with E-state index in [2.05, 4.69) is 4.98 Å². The van der Waals surface area contributed by atoms with Gasteiger partial charge >= 0.3 is 0 Å². The fourth-order valence-corrected chi connectivity index (χ4v) is 2.07. The number of nitrogens with one attached hydrogen (secondary N) is 1. The molecular weight excluding hydrogens is 268 g/mol. The highest BCUT2D eigenvalue weighted by Crippen LogP contribution is 2.34. The summed E-state index contributed by atoms with van der Waals surface area (Å²) in [5.41, 5.74) is 5.65. The molecule has 0 aliphatic carbocycles. The summed E-state index contributed by atoms with van der Waals surface area (Å²) in [6.45, 7) is 2.23. The van der Waals surface area contributed by atoms with Crippen LogP contribution < -0.4 is 16.0 Å². The molecule has 0 unspecified atom stereocenters. The summed E-state index contributed by atoms with van der Waals surface area (Å²) in [7, 11) is 0. The van der Waals surface area contributed by atoms with E-state index in [1.165, 1.54) is 0 Å². The van der Waals surface area contributed by atoms with Gasteiger partial charge in [0.2, 0.25) is 0 Å². The minimum atomic E-state index is -0.629. The van der Waals surface area contributed by atoms with Gasteiger partial charge < -0.3 is 15.5 Å². The number of benzene rings is 1. The highest BCUT2D eigenvalue weighted by Gasteiger charge is 2.20. The van der Waals surface area contributed by atoms with Gasteiger partial charge in [0.15, 0.2) is 0 Å². The van der Waals surface area contributed by atoms with Gasteiger partial charge in [-0.15, -0.1) is 0 Å². The van der Waals surface area contributed by atoms with E-state index in [9.17, 15) is 15.3 Å². The molecule has 2 rings (SSSR count). The minimum absolute atomic E-state index is 0.0540. The molecule has 0 spiro atoms. The summed E-state index contributed by atoms with van der Waals surface area (Å²) in [5.74, 6) is 0.417. The number of aromatic nitrogens is 1. The number of nitrogens with two attached hydrogens (primary N) is 1. The predicted octanol–water partition coefficient (Wildman–Crippen LogP) is 1.77. The minimum Gasteiger partial charge on any atom is -0.493 e. The standard InChI is InChI=1S/C15H12N4O2/c1-2-21-12-6-4-3-5-9(12)13-10(7-16)14(18)19-15(20)11(13)8-17/h3-6H,2H2,1H3,(H3,18,19,20). The number of nitrogen functional groups attached to an aromatic ring is 1. The number of rotatable bonds is 3. The second kappa shape index (κ2) is 5.81. The Morgan fingerprint density at radius 3 is 2.52 bits per heavy atom. The highest BCUT2D eigenvalue weighted by atomic mass is 16.5. The number of para-hydroxylation sites is 1. The Morgan fingerprint density at radius 1 is 1.24 bits per heavy atom. The maximum absolute atomic E-state index is 11.9. The molecule has 0 fully saturated rings. The molecule has 0 bridgehead atoms. The first-order chi connectivity index (χ1) is 10.1. The third kappa shape index (κ3) is 2.43. The van der Waals surface area contributed by atoms with Crippen LogP contribution in [0.5, 0.6) is 5.75 Å². The predicted molar refractivity (Wildman–Crippen MR) is 77.5 cm³/mol. The molecule has 0 saturated carbocycles. The summed E-state index contributed by atoms with van der Waals surface area (Å²) in [4.78, 5) is 14.2. The molecule has 1 heterocycles. The van der Waals surface area contributed by atoms with Gasteiger partial charge in [-0.3, -0.25) is 4.79 Å². The zero-order chi connectivity index (χ0) is 15.4. The van der Waals surface area contributed by atoms with Gasteiger partial charge in [-0.05, 0) is 13.0 Å². The van der Waals surface area contributed by atoms with Crippen molar-refractivity contribution in [1.82, 2.24) is 4.98 Å². The zero-order valence-corrected chi connectivity index (χ0v) is 11.3. The van der Waals surface area contributed by atoms with E-state index in [1.54, 1.807) is 24.3 Å². The number of anilines is 1. The van der Waals surface area contributed by atoms with Crippen LogP contribution in [-0.2, 0) is 0 Å². The van der Waals surface area contributed by atoms with Crippen molar-refractivity contribution in [2.24, 2.45) is 0 Å². The van der Waals surface area contributed by atoms with Crippen molar-refractivity contribution < 1.29 is 4.74 Å². The molecule has 0 aliphatic rings. The Kier molecular flexibility index (Phi) is 3.92. The molecule has 21 heavy (non-hydrogen) atoms. The number of hydrogen-bond donors (Lipinski definition) is 2. The summed E-state index contributed by atoms with van der Waals surface area (Å²) in [5, 5.41) is 18.5. The van der Waals surface area contributed by atoms with Crippen LogP contribution in [-0.4, -0.2) is 11.6 Å². The van der Waals surface area contributed by atoms with Crippen molar-refractivity contribution in [2.75, 3.05) is 12.3 Å². The van der Waals surface area contributed by atoms with E-state index < -0.39 is 5.56 Å². The van der Waals surface area contributed by atoms with Gasteiger partial charge in [0.1, 0.15) is 34.8 Å². The first-order valence-electron chi connectivity index (χ1n) is 6.22. The molecule has 6 nitrogen and oxygen atoms in total. The largest absolute Gasteiger partial charge is 0.493 e. The van der Waals surface area contributed by atoms with Crippen molar-refractivity contribution in [3.05, 3.63) is 45.7 Å². The summed E-state index contributed by atoms with van der Waals surface area (Å²) in [6, 6.07) is 10.6. The lowest BCUT2D eigenvalue weighted by Crippen LogP contribution is -2.16. The van der Waals surface area contributed by atoms with Crippen LogP contribution in [0.1, 0.15) is 18.1 Å². The Balaban J connectivity index is 2.90. The maximum atomic E-state index is 11.9. The quantitative estimate of drug-likeness (QED) is 0.888. The molecule has 1 aromatic carbocycles. The molecule has 0 atom stereocenters. The molecule has 1 aromatic heterocycles. The second-order valence-corrected chi connectivity index (χ2v) is 4.15. The molecule has 0 aliphatic heterocycles. The summed E-state index contributed by atoms with van der Waals surface area (Å²) >= 11 is 0. The molecule has 0 radical (unpaired) electrons. The average Bonchev–Trinajstić information content (AvgIpc) is 2.47. The van der Waals surface area contributed by atoms with Crippen LogP contribution in [0.2, 0.25) is 0 Å². The first-order valence-corrected chi connectivity index (χ1v) is 6.22. The zero-order valence-electron chi connectivity index (χ0n) is 11.3. The third-order valence-electron chi connectivity index (χ3n) is 2.92. The maximum Gasteiger partial charge on any atom is 0.268 e. The number of hydrogen-bond acceptors (Lipinski definition) is 5. The Hall–Kier alpha value is -3.25. The Labute approximate surface area is 121 Å². The van der Waals surface area contributed by atoms with Crippen molar-refractivity contribution in [1.29, 1.82) is 10.5 Å². The van der Waals surface area contributed by atoms with E-state index in [4.69, 9.17) is 10.5 Å². The van der Waals surface area contributed by atoms with Gasteiger partial charge in [-0.25, -0.2) is 0 Å². The smallest absolute Gasteiger partial charge is 0.268 e. The lowest BCUT2D eigenvalue weighted by molar-refractivity contribution is 0.341. The summed E-state index contributed by atoms with van der Waals surface area (Å²) in [6.07, 6.45) is 0. The van der Waals surface area contributed by atoms with Crippen LogP contribution >= 0.6 is 0 Å². The van der Waals surface area contributed by atoms with E-state index in [-0.39, 0.29) is 22.5 Å². The molecule has 6 heteroatoms. The topological polar surface area (TPSA) is 116 Å². The second-order valence-electron chi connectivity index (χ2n) is 4.15. The van der Waals surface area contributed by atoms with Gasteiger partial charge in [-0.2, -0.15) is 10.5 Å². The fraction of sp³-hybridized carbons (Fsp3) is 0.133. The van der Waals surface area contributed by atoms with E-state index >= 15 is 0 Å². The third-order valence-corrected chi connectivity index (χ3v) is 2.92. The van der Waals surface area contributed by atoms with Crippen molar-refractivity contribution in [2.45, 2.75) is 6.92 Å². The Bertz CT molecular complexity index is 825. The van der Waals surface area contributed by atoms with Crippen LogP contribution in [0.3, 0.4) is 0 Å². The normalized spacial score (nSPS) is 9.67.